The van der Waals surface area contributed by atoms with Crippen molar-refractivity contribution in [2.24, 2.45) is 0 Å². The van der Waals surface area contributed by atoms with Gasteiger partial charge >= 0.3 is 11.9 Å². The van der Waals surface area contributed by atoms with Crippen LogP contribution in [0.25, 0.3) is 0 Å². The van der Waals surface area contributed by atoms with Crippen LogP contribution in [0.4, 0.5) is 0 Å². The van der Waals surface area contributed by atoms with Crippen molar-refractivity contribution < 1.29 is 24.2 Å². The first-order chi connectivity index (χ1) is 7.72. The molecule has 5 heteroatoms. The lowest BCUT2D eigenvalue weighted by Crippen LogP contribution is -2.18. The fourth-order valence-corrected chi connectivity index (χ4v) is 1.66. The van der Waals surface area contributed by atoms with Gasteiger partial charge in [0.2, 0.25) is 0 Å². The van der Waals surface area contributed by atoms with E-state index in [2.05, 4.69) is 0 Å². The van der Waals surface area contributed by atoms with E-state index in [1.807, 2.05) is 0 Å². The molecule has 1 rings (SSSR count). The maximum Gasteiger partial charge on any atom is 0.306 e. The number of cyclic esters (lactones) is 1. The minimum atomic E-state index is -0.352. The third-order valence-electron chi connectivity index (χ3n) is 2.48. The van der Waals surface area contributed by atoms with Gasteiger partial charge in [-0.25, -0.2) is 0 Å². The van der Waals surface area contributed by atoms with E-state index in [4.69, 9.17) is 14.6 Å². The Bertz CT molecular complexity index is 239. The summed E-state index contributed by atoms with van der Waals surface area (Å²) in [5.74, 6) is -0.527. The second-order valence-corrected chi connectivity index (χ2v) is 3.84. The highest BCUT2D eigenvalue weighted by atomic mass is 16.5. The average Bonchev–Trinajstić information content (AvgIpc) is 2.48. The third-order valence-corrected chi connectivity index (χ3v) is 2.48. The molecular weight excluding hydrogens is 212 g/mol. The van der Waals surface area contributed by atoms with Crippen molar-refractivity contribution in [1.82, 2.24) is 0 Å². The third kappa shape index (κ3) is 5.11. The topological polar surface area (TPSA) is 72.8 Å². The molecule has 1 heterocycles. The van der Waals surface area contributed by atoms with Crippen molar-refractivity contribution in [2.75, 3.05) is 13.2 Å². The standard InChI is InChI=1S/C11H18O5/c12-7-8-15-10(13)6-5-9-3-1-2-4-11(14)16-9/h9,12H,1-8H2. The zero-order valence-corrected chi connectivity index (χ0v) is 9.31. The zero-order chi connectivity index (χ0) is 11.8. The summed E-state index contributed by atoms with van der Waals surface area (Å²) in [6, 6.07) is 0. The van der Waals surface area contributed by atoms with Crippen LogP contribution in [0.3, 0.4) is 0 Å². The Morgan fingerprint density at radius 1 is 1.50 bits per heavy atom. The molecular formula is C11H18O5. The van der Waals surface area contributed by atoms with Crippen molar-refractivity contribution in [3.05, 3.63) is 0 Å². The van der Waals surface area contributed by atoms with Crippen LogP contribution < -0.4 is 0 Å². The molecule has 1 atom stereocenters. The Morgan fingerprint density at radius 2 is 2.31 bits per heavy atom. The number of hydrogen-bond acceptors (Lipinski definition) is 5. The smallest absolute Gasteiger partial charge is 0.306 e. The molecule has 0 aromatic rings. The van der Waals surface area contributed by atoms with Crippen LogP contribution in [0.2, 0.25) is 0 Å². The number of ether oxygens (including phenoxy) is 2. The summed E-state index contributed by atoms with van der Waals surface area (Å²) < 4.78 is 9.88. The fourth-order valence-electron chi connectivity index (χ4n) is 1.66. The summed E-state index contributed by atoms with van der Waals surface area (Å²) in [5.41, 5.74) is 0. The molecule has 0 spiro atoms. The number of esters is 2. The number of aliphatic hydroxyl groups is 1. The maximum atomic E-state index is 11.1. The van der Waals surface area contributed by atoms with E-state index < -0.39 is 0 Å². The minimum absolute atomic E-state index is 0.0310. The van der Waals surface area contributed by atoms with Crippen LogP contribution in [-0.2, 0) is 19.1 Å². The van der Waals surface area contributed by atoms with Crippen LogP contribution >= 0.6 is 0 Å². The van der Waals surface area contributed by atoms with Gasteiger partial charge in [0.15, 0.2) is 0 Å². The number of aliphatic hydroxyl groups excluding tert-OH is 1. The summed E-state index contributed by atoms with van der Waals surface area (Å²) in [6.45, 7) is -0.132. The number of rotatable bonds is 5. The van der Waals surface area contributed by atoms with Gasteiger partial charge in [-0.15, -0.1) is 0 Å². The van der Waals surface area contributed by atoms with Crippen molar-refractivity contribution >= 4 is 11.9 Å². The molecule has 0 saturated carbocycles. The molecule has 1 saturated heterocycles. The lowest BCUT2D eigenvalue weighted by Gasteiger charge is -2.14. The molecule has 1 aliphatic rings. The summed E-state index contributed by atoms with van der Waals surface area (Å²) in [7, 11) is 0. The normalized spacial score (nSPS) is 21.1. The van der Waals surface area contributed by atoms with E-state index in [1.165, 1.54) is 0 Å². The van der Waals surface area contributed by atoms with Gasteiger partial charge in [0.05, 0.1) is 6.61 Å². The highest BCUT2D eigenvalue weighted by Crippen LogP contribution is 2.18. The molecule has 0 bridgehead atoms. The van der Waals surface area contributed by atoms with Crippen LogP contribution in [0.1, 0.15) is 38.5 Å². The lowest BCUT2D eigenvalue weighted by molar-refractivity contribution is -0.151. The fraction of sp³-hybridized carbons (Fsp3) is 0.818. The van der Waals surface area contributed by atoms with E-state index in [0.717, 1.165) is 19.3 Å². The van der Waals surface area contributed by atoms with Gasteiger partial charge in [-0.2, -0.15) is 0 Å². The molecule has 1 N–H and O–H groups in total. The van der Waals surface area contributed by atoms with Gasteiger partial charge in [0.1, 0.15) is 12.7 Å². The minimum Gasteiger partial charge on any atom is -0.463 e. The van der Waals surface area contributed by atoms with Gasteiger partial charge in [-0.05, 0) is 25.7 Å². The van der Waals surface area contributed by atoms with Gasteiger partial charge in [0.25, 0.3) is 0 Å². The van der Waals surface area contributed by atoms with Crippen molar-refractivity contribution in [3.63, 3.8) is 0 Å². The predicted octanol–water partition coefficient (Wildman–Crippen LogP) is 0.788. The van der Waals surface area contributed by atoms with Crippen molar-refractivity contribution in [3.8, 4) is 0 Å². The molecule has 1 aliphatic heterocycles. The van der Waals surface area contributed by atoms with Gasteiger partial charge in [-0.1, -0.05) is 0 Å². The highest BCUT2D eigenvalue weighted by molar-refractivity contribution is 5.70. The maximum absolute atomic E-state index is 11.1. The number of hydrogen-bond donors (Lipinski definition) is 1. The van der Waals surface area contributed by atoms with Crippen molar-refractivity contribution in [1.29, 1.82) is 0 Å². The molecule has 0 aromatic carbocycles. The number of carbonyl (C=O) groups is 2. The van der Waals surface area contributed by atoms with Crippen molar-refractivity contribution in [2.45, 2.75) is 44.6 Å². The monoisotopic (exact) mass is 230 g/mol. The second-order valence-electron chi connectivity index (χ2n) is 3.84. The van der Waals surface area contributed by atoms with Crippen LogP contribution in [-0.4, -0.2) is 36.4 Å². The Kier molecular flexibility index (Phi) is 5.85. The molecule has 5 nitrogen and oxygen atoms in total. The summed E-state index contributed by atoms with van der Waals surface area (Å²) in [6.07, 6.45) is 3.71. The first-order valence-electron chi connectivity index (χ1n) is 5.68. The van der Waals surface area contributed by atoms with Crippen LogP contribution in [0, 0.1) is 0 Å². The highest BCUT2D eigenvalue weighted by Gasteiger charge is 2.19. The Balaban J connectivity index is 2.20. The van der Waals surface area contributed by atoms with Crippen LogP contribution in [0.15, 0.2) is 0 Å². The SMILES string of the molecule is O=C(CCC1CCCCC(=O)O1)OCCO. The van der Waals surface area contributed by atoms with E-state index >= 15 is 0 Å². The van der Waals surface area contributed by atoms with Crippen LogP contribution in [0.5, 0.6) is 0 Å². The van der Waals surface area contributed by atoms with Gasteiger partial charge in [-0.3, -0.25) is 9.59 Å². The largest absolute Gasteiger partial charge is 0.463 e. The molecule has 1 unspecified atom stereocenters. The molecule has 92 valence electrons. The Hall–Kier alpha value is -1.10. The lowest BCUT2D eigenvalue weighted by atomic mass is 10.1. The molecule has 0 aromatic heterocycles. The molecule has 0 amide bonds. The first-order valence-corrected chi connectivity index (χ1v) is 5.68. The Morgan fingerprint density at radius 3 is 3.06 bits per heavy atom. The number of carbonyl (C=O) groups excluding carboxylic acids is 2. The molecule has 0 aliphatic carbocycles. The molecule has 16 heavy (non-hydrogen) atoms. The first kappa shape index (κ1) is 13.0. The second kappa shape index (κ2) is 7.22. The van der Waals surface area contributed by atoms with Gasteiger partial charge in [0, 0.05) is 12.8 Å². The van der Waals surface area contributed by atoms with Gasteiger partial charge < -0.3 is 14.6 Å². The van der Waals surface area contributed by atoms with E-state index in [-0.39, 0.29) is 37.7 Å². The predicted molar refractivity (Wildman–Crippen MR) is 55.6 cm³/mol. The summed E-state index contributed by atoms with van der Waals surface area (Å²) in [4.78, 5) is 22.3. The zero-order valence-electron chi connectivity index (χ0n) is 9.31. The molecule has 1 fully saturated rings. The van der Waals surface area contributed by atoms with E-state index in [0.29, 0.717) is 12.8 Å². The summed E-state index contributed by atoms with van der Waals surface area (Å²) in [5, 5.41) is 8.46. The van der Waals surface area contributed by atoms with E-state index in [9.17, 15) is 9.59 Å². The van der Waals surface area contributed by atoms with E-state index in [1.54, 1.807) is 0 Å². The Labute approximate surface area is 94.7 Å². The average molecular weight is 230 g/mol. The summed E-state index contributed by atoms with van der Waals surface area (Å²) >= 11 is 0. The molecule has 0 radical (unpaired) electrons. The quantitative estimate of drug-likeness (QED) is 0.707.